The first-order chi connectivity index (χ1) is 10.6. The van der Waals surface area contributed by atoms with E-state index in [4.69, 9.17) is 4.74 Å². The number of hydrogen-bond donors (Lipinski definition) is 2. The van der Waals surface area contributed by atoms with Gasteiger partial charge in [0.15, 0.2) is 0 Å². The summed E-state index contributed by atoms with van der Waals surface area (Å²) in [7, 11) is 0. The van der Waals surface area contributed by atoms with Gasteiger partial charge >= 0.3 is 5.69 Å². The maximum atomic E-state index is 12.5. The zero-order valence-electron chi connectivity index (χ0n) is 12.7. The van der Waals surface area contributed by atoms with E-state index in [1.54, 1.807) is 13.0 Å². The number of aromatic amines is 1. The molecular formula is C16H21N3O3. The monoisotopic (exact) mass is 303 g/mol. The molecule has 6 heteroatoms. The quantitative estimate of drug-likeness (QED) is 0.858. The predicted octanol–water partition coefficient (Wildman–Crippen LogP) is 1.16. The Bertz CT molecular complexity index is 663. The fourth-order valence-electron chi connectivity index (χ4n) is 4.82. The number of rotatable bonds is 2. The molecule has 1 amide bonds. The van der Waals surface area contributed by atoms with E-state index in [9.17, 15) is 9.59 Å². The van der Waals surface area contributed by atoms with Crippen molar-refractivity contribution in [2.45, 2.75) is 51.2 Å². The minimum absolute atomic E-state index is 0.118. The van der Waals surface area contributed by atoms with Crippen molar-refractivity contribution in [1.29, 1.82) is 0 Å². The number of hydrogen-bond acceptors (Lipinski definition) is 4. The zero-order valence-corrected chi connectivity index (χ0v) is 12.7. The van der Waals surface area contributed by atoms with Gasteiger partial charge in [0.2, 0.25) is 0 Å². The lowest BCUT2D eigenvalue weighted by molar-refractivity contribution is -0.126. The van der Waals surface area contributed by atoms with Crippen molar-refractivity contribution < 1.29 is 9.53 Å². The van der Waals surface area contributed by atoms with Crippen LogP contribution < -0.4 is 11.0 Å². The fraction of sp³-hybridized carbons (Fsp3) is 0.688. The van der Waals surface area contributed by atoms with Crippen LogP contribution in [-0.4, -0.2) is 34.6 Å². The molecule has 3 fully saturated rings. The number of amides is 1. The number of carbonyl (C=O) groups excluding carboxylic acids is 1. The Hall–Kier alpha value is -1.69. The van der Waals surface area contributed by atoms with Crippen LogP contribution in [0.5, 0.6) is 0 Å². The lowest BCUT2D eigenvalue weighted by atomic mass is 9.54. The largest absolute Gasteiger partial charge is 0.377 e. The second-order valence-electron chi connectivity index (χ2n) is 6.89. The van der Waals surface area contributed by atoms with Gasteiger partial charge in [-0.1, -0.05) is 12.8 Å². The van der Waals surface area contributed by atoms with Gasteiger partial charge in [0, 0.05) is 29.7 Å². The van der Waals surface area contributed by atoms with Crippen LogP contribution in [0.2, 0.25) is 0 Å². The van der Waals surface area contributed by atoms with Crippen molar-refractivity contribution in [2.75, 3.05) is 6.61 Å². The average Bonchev–Trinajstić information content (AvgIpc) is 3.11. The van der Waals surface area contributed by atoms with Gasteiger partial charge in [-0.05, 0) is 32.3 Å². The van der Waals surface area contributed by atoms with Crippen LogP contribution in [0, 0.1) is 18.3 Å². The number of aromatic nitrogens is 2. The van der Waals surface area contributed by atoms with Crippen LogP contribution in [-0.2, 0) is 4.74 Å². The molecule has 3 atom stereocenters. The van der Waals surface area contributed by atoms with Crippen LogP contribution in [0.3, 0.4) is 0 Å². The summed E-state index contributed by atoms with van der Waals surface area (Å²) in [5, 5.41) is 3.16. The van der Waals surface area contributed by atoms with Crippen LogP contribution in [0.25, 0.3) is 0 Å². The van der Waals surface area contributed by atoms with Crippen molar-refractivity contribution in [3.05, 3.63) is 27.9 Å². The first-order valence-corrected chi connectivity index (χ1v) is 8.11. The molecule has 4 rings (SSSR count). The third kappa shape index (κ3) is 1.93. The highest BCUT2D eigenvalue weighted by Crippen LogP contribution is 2.60. The lowest BCUT2D eigenvalue weighted by Gasteiger charge is -2.56. The molecule has 2 aliphatic carbocycles. The molecule has 2 saturated carbocycles. The summed E-state index contributed by atoms with van der Waals surface area (Å²) in [6, 6.07) is 1.79. The molecule has 0 aromatic carbocycles. The predicted molar refractivity (Wildman–Crippen MR) is 79.6 cm³/mol. The second kappa shape index (κ2) is 4.91. The van der Waals surface area contributed by atoms with Crippen molar-refractivity contribution in [2.24, 2.45) is 11.3 Å². The van der Waals surface area contributed by atoms with E-state index in [0.29, 0.717) is 17.7 Å². The molecule has 1 aliphatic heterocycles. The average molecular weight is 303 g/mol. The molecule has 0 radical (unpaired) electrons. The van der Waals surface area contributed by atoms with Crippen molar-refractivity contribution in [1.82, 2.24) is 15.3 Å². The van der Waals surface area contributed by atoms with Crippen LogP contribution >= 0.6 is 0 Å². The van der Waals surface area contributed by atoms with Gasteiger partial charge in [0.05, 0.1) is 6.10 Å². The van der Waals surface area contributed by atoms with Gasteiger partial charge in [-0.25, -0.2) is 4.79 Å². The maximum absolute atomic E-state index is 12.5. The molecule has 1 aromatic rings. The van der Waals surface area contributed by atoms with E-state index >= 15 is 0 Å². The smallest absolute Gasteiger partial charge is 0.345 e. The van der Waals surface area contributed by atoms with Gasteiger partial charge in [-0.15, -0.1) is 0 Å². The van der Waals surface area contributed by atoms with E-state index in [1.807, 2.05) is 0 Å². The summed E-state index contributed by atoms with van der Waals surface area (Å²) in [5.74, 6) is 0.181. The highest BCUT2D eigenvalue weighted by molar-refractivity contribution is 5.92. The summed E-state index contributed by atoms with van der Waals surface area (Å²) in [5.41, 5.74) is 0.497. The maximum Gasteiger partial charge on any atom is 0.345 e. The Morgan fingerprint density at radius 1 is 1.45 bits per heavy atom. The molecule has 1 saturated heterocycles. The molecule has 6 nitrogen and oxygen atoms in total. The number of nitrogens with zero attached hydrogens (tertiary/aromatic N) is 1. The first kappa shape index (κ1) is 13.9. The second-order valence-corrected chi connectivity index (χ2v) is 6.89. The van der Waals surface area contributed by atoms with Gasteiger partial charge in [-0.3, -0.25) is 4.79 Å². The van der Waals surface area contributed by atoms with Gasteiger partial charge in [-0.2, -0.15) is 4.98 Å². The number of aryl methyl sites for hydroxylation is 1. The van der Waals surface area contributed by atoms with Crippen molar-refractivity contribution in [3.8, 4) is 0 Å². The summed E-state index contributed by atoms with van der Waals surface area (Å²) in [6.45, 7) is 2.55. The number of ether oxygens (including phenoxy) is 1. The molecule has 2 heterocycles. The molecule has 3 aliphatic rings. The Balaban J connectivity index is 1.57. The SMILES string of the molecule is Cc1cc(C(=O)N[C@@H]2[C@@H]3CCO[C@@H]3C23CCCC3)nc(=O)[nH]1. The number of fused-ring (bicyclic) bond motifs is 2. The topological polar surface area (TPSA) is 84.1 Å². The molecule has 1 spiro atoms. The van der Waals surface area contributed by atoms with Gasteiger partial charge < -0.3 is 15.0 Å². The molecule has 118 valence electrons. The number of H-pyrrole nitrogens is 1. The van der Waals surface area contributed by atoms with E-state index < -0.39 is 5.69 Å². The van der Waals surface area contributed by atoms with E-state index in [0.717, 1.165) is 25.9 Å². The highest BCUT2D eigenvalue weighted by atomic mass is 16.5. The minimum Gasteiger partial charge on any atom is -0.377 e. The summed E-state index contributed by atoms with van der Waals surface area (Å²) in [6.07, 6.45) is 6.00. The Kier molecular flexibility index (Phi) is 3.11. The third-order valence-electron chi connectivity index (χ3n) is 5.68. The van der Waals surface area contributed by atoms with Crippen LogP contribution in [0.1, 0.15) is 48.3 Å². The number of nitrogens with one attached hydrogen (secondary N) is 2. The number of carbonyl (C=O) groups is 1. The van der Waals surface area contributed by atoms with E-state index in [2.05, 4.69) is 15.3 Å². The summed E-state index contributed by atoms with van der Waals surface area (Å²) in [4.78, 5) is 30.3. The Morgan fingerprint density at radius 2 is 2.23 bits per heavy atom. The van der Waals surface area contributed by atoms with Crippen molar-refractivity contribution in [3.63, 3.8) is 0 Å². The van der Waals surface area contributed by atoms with E-state index in [1.165, 1.54) is 12.8 Å². The molecule has 2 N–H and O–H groups in total. The molecule has 0 unspecified atom stereocenters. The van der Waals surface area contributed by atoms with E-state index in [-0.39, 0.29) is 23.1 Å². The molecule has 1 aromatic heterocycles. The lowest BCUT2D eigenvalue weighted by Crippen LogP contribution is -2.68. The summed E-state index contributed by atoms with van der Waals surface area (Å²) >= 11 is 0. The molecule has 0 bridgehead atoms. The minimum atomic E-state index is -0.476. The van der Waals surface area contributed by atoms with Gasteiger partial charge in [0.1, 0.15) is 5.69 Å². The normalized spacial score (nSPS) is 31.8. The van der Waals surface area contributed by atoms with Gasteiger partial charge in [0.25, 0.3) is 5.91 Å². The van der Waals surface area contributed by atoms with Crippen LogP contribution in [0.15, 0.2) is 10.9 Å². The van der Waals surface area contributed by atoms with Crippen LogP contribution in [0.4, 0.5) is 0 Å². The summed E-state index contributed by atoms with van der Waals surface area (Å²) < 4.78 is 5.92. The standard InChI is InChI=1S/C16H21N3O3/c1-9-8-11(18-15(21)17-9)14(20)19-12-10-4-7-22-13(10)16(12)5-2-3-6-16/h8,10,12-13H,2-7H2,1H3,(H,19,20)(H,17,18,21)/t10-,12+,13-/m0/s1. The van der Waals surface area contributed by atoms with Crippen molar-refractivity contribution >= 4 is 5.91 Å². The first-order valence-electron chi connectivity index (χ1n) is 8.11. The Labute approximate surface area is 128 Å². The fourth-order valence-corrected chi connectivity index (χ4v) is 4.82. The highest BCUT2D eigenvalue weighted by Gasteiger charge is 2.65. The molecule has 22 heavy (non-hydrogen) atoms. The molecular weight excluding hydrogens is 282 g/mol. The Morgan fingerprint density at radius 3 is 2.95 bits per heavy atom. The zero-order chi connectivity index (χ0) is 15.3. The third-order valence-corrected chi connectivity index (χ3v) is 5.68.